The van der Waals surface area contributed by atoms with E-state index in [1.165, 1.54) is 10.8 Å². The Labute approximate surface area is 166 Å². The Bertz CT molecular complexity index is 1200. The zero-order chi connectivity index (χ0) is 21.1. The summed E-state index contributed by atoms with van der Waals surface area (Å²) in [5.74, 6) is 0. The molecule has 29 heavy (non-hydrogen) atoms. The molecule has 10 nitrogen and oxygen atoms in total. The number of hydrogen-bond acceptors (Lipinski definition) is 8. The van der Waals surface area contributed by atoms with Crippen molar-refractivity contribution in [3.05, 3.63) is 43.1 Å². The minimum Gasteiger partial charge on any atom is -0.368 e. The quantitative estimate of drug-likeness (QED) is 0.586. The van der Waals surface area contributed by atoms with Crippen LogP contribution in [0.3, 0.4) is 0 Å². The smallest absolute Gasteiger partial charge is 0.330 e. The average Bonchev–Trinajstić information content (AvgIpc) is 3.08. The molecule has 0 aromatic carbocycles. The maximum absolute atomic E-state index is 12.9. The van der Waals surface area contributed by atoms with Crippen LogP contribution in [0.15, 0.2) is 26.3 Å². The van der Waals surface area contributed by atoms with Crippen LogP contribution in [0.25, 0.3) is 0 Å². The van der Waals surface area contributed by atoms with Gasteiger partial charge in [0.25, 0.3) is 15.7 Å². The predicted molar refractivity (Wildman–Crippen MR) is 100 cm³/mol. The van der Waals surface area contributed by atoms with Crippen molar-refractivity contribution in [2.45, 2.75) is 69.7 Å². The molecule has 5 rings (SSSR count). The number of aromatic amines is 1. The Balaban J connectivity index is 1.68. The summed E-state index contributed by atoms with van der Waals surface area (Å²) in [5, 5.41) is 11.9. The number of aryl methyl sites for hydroxylation is 1. The van der Waals surface area contributed by atoms with Crippen LogP contribution in [0.4, 0.5) is 0 Å². The predicted octanol–water partition coefficient (Wildman–Crippen LogP) is -0.308. The third-order valence-electron chi connectivity index (χ3n) is 6.75. The second-order valence-corrected chi connectivity index (χ2v) is 10.6. The summed E-state index contributed by atoms with van der Waals surface area (Å²) >= 11 is 0. The Kier molecular flexibility index (Phi) is 3.49. The topological polar surface area (TPSA) is 131 Å². The van der Waals surface area contributed by atoms with E-state index in [2.05, 4.69) is 4.98 Å². The van der Waals surface area contributed by atoms with Gasteiger partial charge in [0.1, 0.15) is 17.2 Å². The van der Waals surface area contributed by atoms with Gasteiger partial charge < -0.3 is 9.84 Å². The molecule has 5 heterocycles. The maximum atomic E-state index is 12.9. The van der Waals surface area contributed by atoms with Gasteiger partial charge in [0, 0.05) is 30.3 Å². The van der Waals surface area contributed by atoms with Crippen LogP contribution in [-0.2, 0) is 19.0 Å². The molecule has 0 amide bonds. The van der Waals surface area contributed by atoms with Crippen LogP contribution in [0, 0.1) is 6.92 Å². The Morgan fingerprint density at radius 1 is 1.28 bits per heavy atom. The number of H-pyrrole nitrogens is 1. The molecular formula is C18H23N3O7S. The molecule has 0 radical (unpaired) electrons. The highest BCUT2D eigenvalue weighted by molar-refractivity contribution is 7.91. The van der Waals surface area contributed by atoms with Crippen LogP contribution in [0.1, 0.15) is 45.4 Å². The Morgan fingerprint density at radius 3 is 2.66 bits per heavy atom. The number of aliphatic hydroxyl groups is 1. The minimum absolute atomic E-state index is 0.0534. The van der Waals surface area contributed by atoms with Gasteiger partial charge in [0.2, 0.25) is 0 Å². The summed E-state index contributed by atoms with van der Waals surface area (Å²) in [6.45, 7) is 7.39. The van der Waals surface area contributed by atoms with Gasteiger partial charge in [-0.1, -0.05) is 0 Å². The average molecular weight is 425 g/mol. The summed E-state index contributed by atoms with van der Waals surface area (Å²) in [5.41, 5.74) is -4.23. The van der Waals surface area contributed by atoms with Gasteiger partial charge in [-0.05, 0) is 39.7 Å². The van der Waals surface area contributed by atoms with Gasteiger partial charge in [-0.3, -0.25) is 23.4 Å². The van der Waals surface area contributed by atoms with Gasteiger partial charge in [0.15, 0.2) is 11.3 Å². The molecule has 0 aliphatic carbocycles. The fraction of sp³-hybridized carbons (Fsp3) is 0.667. The summed E-state index contributed by atoms with van der Waals surface area (Å²) in [7, 11) is -4.17. The number of nitrogens with one attached hydrogen (secondary N) is 1. The molecule has 2 N–H and O–H groups in total. The molecule has 3 saturated heterocycles. The number of rotatable bonds is 1. The van der Waals surface area contributed by atoms with E-state index >= 15 is 0 Å². The monoisotopic (exact) mass is 425 g/mol. The van der Waals surface area contributed by atoms with E-state index in [9.17, 15) is 23.1 Å². The standard InChI is InChI=1S/C18H23N3O7S/c1-9-5-16(3,4)21-8-11-17(18(21,24)13(9)29(25,26)28-17)6-12(27-11)20-7-10(2)14(22)19-15(20)23/h7,11-12,24H,5-6,8H2,1-4H3,(H,19,22,23)/t11-,12-,17+,18-/m1/s1. The van der Waals surface area contributed by atoms with E-state index < -0.39 is 50.6 Å². The molecular weight excluding hydrogens is 402 g/mol. The van der Waals surface area contributed by atoms with Crippen molar-refractivity contribution >= 4 is 10.1 Å². The van der Waals surface area contributed by atoms with Crippen LogP contribution in [0.2, 0.25) is 0 Å². The Morgan fingerprint density at radius 2 is 1.97 bits per heavy atom. The minimum atomic E-state index is -4.17. The third kappa shape index (κ3) is 2.12. The zero-order valence-electron chi connectivity index (χ0n) is 16.6. The molecule has 1 aromatic heterocycles. The van der Waals surface area contributed by atoms with E-state index in [4.69, 9.17) is 8.92 Å². The first-order valence-electron chi connectivity index (χ1n) is 9.47. The third-order valence-corrected chi connectivity index (χ3v) is 8.40. The molecule has 0 saturated carbocycles. The SMILES string of the molecule is CC1=C2[C@]3(O)N(C[C@H]4O[C@@H](n5cc(C)c(=O)[nH]c5=O)C[C@]43OS2(=O)=O)C(C)(C)C1. The molecule has 4 aliphatic rings. The van der Waals surface area contributed by atoms with E-state index in [1.54, 1.807) is 18.7 Å². The van der Waals surface area contributed by atoms with Crippen molar-refractivity contribution in [3.63, 3.8) is 0 Å². The maximum Gasteiger partial charge on any atom is 0.330 e. The first kappa shape index (κ1) is 19.2. The molecule has 4 aliphatic heterocycles. The molecule has 1 spiro atoms. The second kappa shape index (κ2) is 5.27. The number of aromatic nitrogens is 2. The van der Waals surface area contributed by atoms with Gasteiger partial charge in [-0.25, -0.2) is 4.79 Å². The lowest BCUT2D eigenvalue weighted by Crippen LogP contribution is -2.64. The summed E-state index contributed by atoms with van der Waals surface area (Å²) in [4.78, 5) is 27.9. The molecule has 11 heteroatoms. The zero-order valence-corrected chi connectivity index (χ0v) is 17.4. The first-order chi connectivity index (χ1) is 13.3. The Hall–Kier alpha value is -1.79. The molecule has 3 fully saturated rings. The number of ether oxygens (including phenoxy) is 1. The van der Waals surface area contributed by atoms with Crippen molar-refractivity contribution in [1.29, 1.82) is 0 Å². The van der Waals surface area contributed by atoms with Crippen LogP contribution >= 0.6 is 0 Å². The largest absolute Gasteiger partial charge is 0.368 e. The lowest BCUT2D eigenvalue weighted by atomic mass is 9.79. The van der Waals surface area contributed by atoms with Gasteiger partial charge >= 0.3 is 5.69 Å². The lowest BCUT2D eigenvalue weighted by Gasteiger charge is -2.49. The summed E-state index contributed by atoms with van der Waals surface area (Å²) in [6.07, 6.45) is 0.144. The molecule has 0 bridgehead atoms. The number of hydrogen-bond donors (Lipinski definition) is 2. The van der Waals surface area contributed by atoms with Crippen LogP contribution in [0.5, 0.6) is 0 Å². The highest BCUT2D eigenvalue weighted by Crippen LogP contribution is 2.64. The fourth-order valence-corrected chi connectivity index (χ4v) is 7.58. The van der Waals surface area contributed by atoms with Crippen molar-refractivity contribution in [1.82, 2.24) is 14.5 Å². The number of nitrogens with zero attached hydrogens (tertiary/aromatic N) is 2. The second-order valence-electron chi connectivity index (χ2n) is 9.07. The fourth-order valence-electron chi connectivity index (χ4n) is 5.68. The lowest BCUT2D eigenvalue weighted by molar-refractivity contribution is -0.169. The normalized spacial score (nSPS) is 39.6. The van der Waals surface area contributed by atoms with Crippen LogP contribution in [-0.4, -0.2) is 57.5 Å². The summed E-state index contributed by atoms with van der Waals surface area (Å²) < 4.78 is 38.8. The van der Waals surface area contributed by atoms with E-state index in [0.717, 1.165) is 0 Å². The van der Waals surface area contributed by atoms with Crippen molar-refractivity contribution in [3.8, 4) is 0 Å². The summed E-state index contributed by atoms with van der Waals surface area (Å²) in [6, 6.07) is 0. The molecule has 158 valence electrons. The van der Waals surface area contributed by atoms with E-state index in [0.29, 0.717) is 17.6 Å². The van der Waals surface area contributed by atoms with Crippen LogP contribution < -0.4 is 11.2 Å². The van der Waals surface area contributed by atoms with Gasteiger partial charge in [0.05, 0.1) is 0 Å². The molecule has 4 atom stereocenters. The highest BCUT2D eigenvalue weighted by atomic mass is 32.2. The first-order valence-corrected chi connectivity index (χ1v) is 10.9. The van der Waals surface area contributed by atoms with Crippen molar-refractivity contribution < 1.29 is 22.4 Å². The van der Waals surface area contributed by atoms with Crippen molar-refractivity contribution in [2.75, 3.05) is 6.54 Å². The molecule has 0 unspecified atom stereocenters. The molecule has 1 aromatic rings. The van der Waals surface area contributed by atoms with Gasteiger partial charge in [-0.2, -0.15) is 8.42 Å². The van der Waals surface area contributed by atoms with E-state index in [-0.39, 0.29) is 17.9 Å². The highest BCUT2D eigenvalue weighted by Gasteiger charge is 2.81. The van der Waals surface area contributed by atoms with Crippen molar-refractivity contribution in [2.24, 2.45) is 0 Å². The van der Waals surface area contributed by atoms with E-state index in [1.807, 2.05) is 13.8 Å². The van der Waals surface area contributed by atoms with Gasteiger partial charge in [-0.15, -0.1) is 0 Å².